The van der Waals surface area contributed by atoms with Crippen LogP contribution < -0.4 is 10.2 Å². The molecule has 0 bridgehead atoms. The van der Waals surface area contributed by atoms with Gasteiger partial charge in [0.2, 0.25) is 0 Å². The van der Waals surface area contributed by atoms with Crippen LogP contribution in [-0.4, -0.2) is 12.1 Å². The number of hydrogen-bond donors (Lipinski definition) is 1. The molecular formula is C14H16ClNO2. The number of pyridine rings is 1. The average molecular weight is 266 g/mol. The van der Waals surface area contributed by atoms with E-state index < -0.39 is 0 Å². The van der Waals surface area contributed by atoms with Gasteiger partial charge in [-0.1, -0.05) is 32.4 Å². The van der Waals surface area contributed by atoms with Crippen molar-refractivity contribution in [3.8, 4) is 5.75 Å². The second-order valence-electron chi connectivity index (χ2n) is 5.30. The number of fused-ring (bicyclic) bond motifs is 1. The van der Waals surface area contributed by atoms with Crippen LogP contribution in [0.4, 0.5) is 0 Å². The number of aromatic amines is 1. The van der Waals surface area contributed by atoms with Gasteiger partial charge in [0.25, 0.3) is 0 Å². The first-order valence-electron chi connectivity index (χ1n) is 5.74. The molecule has 0 amide bonds. The predicted molar refractivity (Wildman–Crippen MR) is 74.8 cm³/mol. The highest BCUT2D eigenvalue weighted by atomic mass is 35.5. The van der Waals surface area contributed by atoms with Crippen molar-refractivity contribution in [2.45, 2.75) is 26.2 Å². The smallest absolute Gasteiger partial charge is 0.193 e. The van der Waals surface area contributed by atoms with E-state index in [2.05, 4.69) is 4.98 Å². The quantitative estimate of drug-likeness (QED) is 0.858. The summed E-state index contributed by atoms with van der Waals surface area (Å²) >= 11 is 6.15. The summed E-state index contributed by atoms with van der Waals surface area (Å²) in [6.45, 7) is 6.12. The highest BCUT2D eigenvalue weighted by Crippen LogP contribution is 2.29. The molecule has 0 unspecified atom stereocenters. The molecular weight excluding hydrogens is 250 g/mol. The lowest BCUT2D eigenvalue weighted by atomic mass is 9.91. The minimum atomic E-state index is -0.139. The molecule has 3 nitrogen and oxygen atoms in total. The van der Waals surface area contributed by atoms with E-state index in [9.17, 15) is 4.79 Å². The Bertz CT molecular complexity index is 653. The monoisotopic (exact) mass is 265 g/mol. The van der Waals surface area contributed by atoms with Gasteiger partial charge < -0.3 is 9.72 Å². The van der Waals surface area contributed by atoms with Gasteiger partial charge in [-0.05, 0) is 12.1 Å². The van der Waals surface area contributed by atoms with Gasteiger partial charge in [0.05, 0.1) is 23.0 Å². The van der Waals surface area contributed by atoms with Gasteiger partial charge in [-0.25, -0.2) is 0 Å². The van der Waals surface area contributed by atoms with Gasteiger partial charge in [-0.15, -0.1) is 0 Å². The number of methoxy groups -OCH3 is 1. The van der Waals surface area contributed by atoms with E-state index in [1.807, 2.05) is 20.8 Å². The largest absolute Gasteiger partial charge is 0.496 e. The summed E-state index contributed by atoms with van der Waals surface area (Å²) in [6, 6.07) is 5.04. The maximum absolute atomic E-state index is 12.2. The van der Waals surface area contributed by atoms with E-state index in [4.69, 9.17) is 16.3 Å². The lowest BCUT2D eigenvalue weighted by Crippen LogP contribution is -2.18. The zero-order valence-electron chi connectivity index (χ0n) is 10.9. The standard InChI is InChI=1S/C14H16ClNO2/c1-14(2,3)11-7-9(17)12-10(18-4)6-5-8(15)13(12)16-11/h5-7H,1-4H3,(H,16,17). The molecule has 2 aromatic rings. The van der Waals surface area contributed by atoms with E-state index in [0.717, 1.165) is 5.69 Å². The Labute approximate surface area is 111 Å². The fraction of sp³-hybridized carbons (Fsp3) is 0.357. The lowest BCUT2D eigenvalue weighted by molar-refractivity contribution is 0.419. The Hall–Kier alpha value is -1.48. The zero-order chi connectivity index (χ0) is 13.5. The predicted octanol–water partition coefficient (Wildman–Crippen LogP) is 3.49. The second-order valence-corrected chi connectivity index (χ2v) is 5.70. The summed E-state index contributed by atoms with van der Waals surface area (Å²) in [4.78, 5) is 15.5. The first-order valence-corrected chi connectivity index (χ1v) is 6.12. The van der Waals surface area contributed by atoms with Gasteiger partial charge in [-0.2, -0.15) is 0 Å². The van der Waals surface area contributed by atoms with Crippen molar-refractivity contribution in [3.63, 3.8) is 0 Å². The second kappa shape index (κ2) is 4.32. The summed E-state index contributed by atoms with van der Waals surface area (Å²) < 4.78 is 5.21. The lowest BCUT2D eigenvalue weighted by Gasteiger charge is -2.19. The average Bonchev–Trinajstić information content (AvgIpc) is 2.29. The first-order chi connectivity index (χ1) is 8.34. The minimum absolute atomic E-state index is 0.0759. The Morgan fingerprint density at radius 3 is 2.50 bits per heavy atom. The van der Waals surface area contributed by atoms with Crippen LogP contribution in [0, 0.1) is 0 Å². The first kappa shape index (κ1) is 13.0. The third kappa shape index (κ3) is 2.10. The van der Waals surface area contributed by atoms with Crippen molar-refractivity contribution in [3.05, 3.63) is 39.1 Å². The normalized spacial score (nSPS) is 11.8. The third-order valence-corrected chi connectivity index (χ3v) is 3.24. The van der Waals surface area contributed by atoms with Crippen LogP contribution in [0.1, 0.15) is 26.5 Å². The number of aromatic nitrogens is 1. The number of hydrogen-bond acceptors (Lipinski definition) is 2. The minimum Gasteiger partial charge on any atom is -0.496 e. The Balaban J connectivity index is 2.90. The fourth-order valence-electron chi connectivity index (χ4n) is 1.87. The maximum Gasteiger partial charge on any atom is 0.193 e. The Morgan fingerprint density at radius 2 is 1.94 bits per heavy atom. The Morgan fingerprint density at radius 1 is 1.28 bits per heavy atom. The number of ether oxygens (including phenoxy) is 1. The van der Waals surface area contributed by atoms with Gasteiger partial charge in [0, 0.05) is 17.2 Å². The molecule has 4 heteroatoms. The molecule has 0 atom stereocenters. The van der Waals surface area contributed by atoms with Crippen molar-refractivity contribution < 1.29 is 4.74 Å². The van der Waals surface area contributed by atoms with Gasteiger partial charge in [0.15, 0.2) is 5.43 Å². The van der Waals surface area contributed by atoms with Crippen LogP contribution in [0.2, 0.25) is 5.02 Å². The number of rotatable bonds is 1. The molecule has 18 heavy (non-hydrogen) atoms. The number of benzene rings is 1. The van der Waals surface area contributed by atoms with Crippen molar-refractivity contribution in [2.24, 2.45) is 0 Å². The van der Waals surface area contributed by atoms with Crippen LogP contribution in [-0.2, 0) is 5.41 Å². The Kier molecular flexibility index (Phi) is 3.11. The van der Waals surface area contributed by atoms with E-state index in [0.29, 0.717) is 21.7 Å². The van der Waals surface area contributed by atoms with Crippen LogP contribution in [0.3, 0.4) is 0 Å². The van der Waals surface area contributed by atoms with Crippen molar-refractivity contribution >= 4 is 22.5 Å². The summed E-state index contributed by atoms with van der Waals surface area (Å²) in [7, 11) is 1.54. The maximum atomic E-state index is 12.2. The molecule has 0 radical (unpaired) electrons. The number of nitrogens with one attached hydrogen (secondary N) is 1. The topological polar surface area (TPSA) is 42.1 Å². The molecule has 1 aromatic carbocycles. The molecule has 0 spiro atoms. The third-order valence-electron chi connectivity index (χ3n) is 2.93. The molecule has 0 aliphatic heterocycles. The molecule has 1 heterocycles. The molecule has 0 saturated carbocycles. The molecule has 0 aliphatic rings. The fourth-order valence-corrected chi connectivity index (χ4v) is 2.08. The summed E-state index contributed by atoms with van der Waals surface area (Å²) in [5, 5.41) is 1.02. The van der Waals surface area contributed by atoms with E-state index >= 15 is 0 Å². The highest BCUT2D eigenvalue weighted by molar-refractivity contribution is 6.35. The molecule has 96 valence electrons. The number of halogens is 1. The van der Waals surface area contributed by atoms with Crippen LogP contribution in [0.15, 0.2) is 23.0 Å². The van der Waals surface area contributed by atoms with E-state index in [-0.39, 0.29) is 10.8 Å². The van der Waals surface area contributed by atoms with Crippen LogP contribution in [0.25, 0.3) is 10.9 Å². The summed E-state index contributed by atoms with van der Waals surface area (Å²) in [5.41, 5.74) is 1.27. The SMILES string of the molecule is COc1ccc(Cl)c2[nH]c(C(C)(C)C)cc(=O)c12. The van der Waals surface area contributed by atoms with Crippen molar-refractivity contribution in [1.82, 2.24) is 4.98 Å². The van der Waals surface area contributed by atoms with Crippen molar-refractivity contribution in [2.75, 3.05) is 7.11 Å². The molecule has 0 aliphatic carbocycles. The highest BCUT2D eigenvalue weighted by Gasteiger charge is 2.18. The van der Waals surface area contributed by atoms with Crippen molar-refractivity contribution in [1.29, 1.82) is 0 Å². The summed E-state index contributed by atoms with van der Waals surface area (Å²) in [5.74, 6) is 0.538. The van der Waals surface area contributed by atoms with Crippen LogP contribution in [0.5, 0.6) is 5.75 Å². The van der Waals surface area contributed by atoms with Gasteiger partial charge in [0.1, 0.15) is 5.75 Å². The summed E-state index contributed by atoms with van der Waals surface area (Å²) in [6.07, 6.45) is 0. The molecule has 2 rings (SSSR count). The number of H-pyrrole nitrogens is 1. The van der Waals surface area contributed by atoms with Crippen LogP contribution >= 0.6 is 11.6 Å². The molecule has 0 saturated heterocycles. The molecule has 1 aromatic heterocycles. The van der Waals surface area contributed by atoms with E-state index in [1.54, 1.807) is 25.3 Å². The molecule has 1 N–H and O–H groups in total. The molecule has 0 fully saturated rings. The van der Waals surface area contributed by atoms with E-state index in [1.165, 1.54) is 0 Å². The zero-order valence-corrected chi connectivity index (χ0v) is 11.7. The van der Waals surface area contributed by atoms with Gasteiger partial charge in [-0.3, -0.25) is 4.79 Å². The van der Waals surface area contributed by atoms with Gasteiger partial charge >= 0.3 is 0 Å².